The van der Waals surface area contributed by atoms with E-state index in [1.54, 1.807) is 0 Å². The first-order valence-corrected chi connectivity index (χ1v) is 6.95. The lowest BCUT2D eigenvalue weighted by atomic mass is 10.2. The van der Waals surface area contributed by atoms with Crippen molar-refractivity contribution in [1.29, 1.82) is 0 Å². The van der Waals surface area contributed by atoms with Crippen molar-refractivity contribution in [2.75, 3.05) is 6.54 Å². The monoisotopic (exact) mass is 265 g/mol. The second-order valence-corrected chi connectivity index (χ2v) is 5.70. The van der Waals surface area contributed by atoms with Gasteiger partial charge in [0.15, 0.2) is 0 Å². The summed E-state index contributed by atoms with van der Waals surface area (Å²) in [4.78, 5) is 11.8. The van der Waals surface area contributed by atoms with Gasteiger partial charge in [0, 0.05) is 31.5 Å². The van der Waals surface area contributed by atoms with Crippen LogP contribution in [-0.4, -0.2) is 23.1 Å². The highest BCUT2D eigenvalue weighted by molar-refractivity contribution is 5.81. The molecule has 108 valence electrons. The molecule has 0 saturated carbocycles. The number of aromatic nitrogens is 1. The second-order valence-electron chi connectivity index (χ2n) is 5.70. The van der Waals surface area contributed by atoms with Gasteiger partial charge in [0.25, 0.3) is 0 Å². The van der Waals surface area contributed by atoms with Gasteiger partial charge in [0.05, 0.1) is 6.04 Å². The molecule has 1 heterocycles. The summed E-state index contributed by atoms with van der Waals surface area (Å²) in [5.41, 5.74) is 3.74. The quantitative estimate of drug-likeness (QED) is 0.825. The molecule has 2 N–H and O–H groups in total. The van der Waals surface area contributed by atoms with E-state index >= 15 is 0 Å². The number of aryl methyl sites for hydroxylation is 1. The summed E-state index contributed by atoms with van der Waals surface area (Å²) in [6, 6.07) is 2.00. The van der Waals surface area contributed by atoms with Gasteiger partial charge < -0.3 is 15.2 Å². The van der Waals surface area contributed by atoms with Gasteiger partial charge in [-0.2, -0.15) is 0 Å². The van der Waals surface area contributed by atoms with Crippen molar-refractivity contribution in [2.45, 2.75) is 47.2 Å². The van der Waals surface area contributed by atoms with Crippen molar-refractivity contribution < 1.29 is 4.79 Å². The zero-order valence-electron chi connectivity index (χ0n) is 13.0. The van der Waals surface area contributed by atoms with Crippen molar-refractivity contribution >= 4 is 5.91 Å². The maximum Gasteiger partial charge on any atom is 0.236 e. The Morgan fingerprint density at radius 3 is 2.42 bits per heavy atom. The Morgan fingerprint density at radius 2 is 1.95 bits per heavy atom. The highest BCUT2D eigenvalue weighted by Crippen LogP contribution is 2.12. The number of nitrogens with one attached hydrogen (secondary N) is 2. The van der Waals surface area contributed by atoms with E-state index in [2.05, 4.69) is 56.0 Å². The minimum Gasteiger partial charge on any atom is -0.354 e. The molecular formula is C15H27N3O. The van der Waals surface area contributed by atoms with Crippen molar-refractivity contribution in [2.24, 2.45) is 13.0 Å². The minimum atomic E-state index is -0.168. The van der Waals surface area contributed by atoms with Gasteiger partial charge in [-0.05, 0) is 38.3 Å². The number of carbonyl (C=O) groups is 1. The number of carbonyl (C=O) groups excluding carboxylic acids is 1. The SMILES string of the molecule is Cc1cc(CNC(C)C(=O)NCC(C)C)c(C)n1C. The maximum atomic E-state index is 11.8. The number of hydrogen-bond acceptors (Lipinski definition) is 2. The largest absolute Gasteiger partial charge is 0.354 e. The Kier molecular flexibility index (Phi) is 5.60. The smallest absolute Gasteiger partial charge is 0.236 e. The van der Waals surface area contributed by atoms with Crippen molar-refractivity contribution in [3.63, 3.8) is 0 Å². The Balaban J connectivity index is 2.47. The normalized spacial score (nSPS) is 12.8. The predicted octanol–water partition coefficient (Wildman–Crippen LogP) is 1.89. The molecule has 0 saturated heterocycles. The fourth-order valence-electron chi connectivity index (χ4n) is 1.93. The van der Waals surface area contributed by atoms with Gasteiger partial charge in [0.2, 0.25) is 5.91 Å². The molecule has 0 radical (unpaired) electrons. The molecule has 4 nitrogen and oxygen atoms in total. The van der Waals surface area contributed by atoms with E-state index in [4.69, 9.17) is 0 Å². The Hall–Kier alpha value is -1.29. The Labute approximate surface area is 116 Å². The Bertz CT molecular complexity index is 435. The van der Waals surface area contributed by atoms with E-state index in [1.807, 2.05) is 6.92 Å². The third-order valence-corrected chi connectivity index (χ3v) is 3.56. The molecule has 19 heavy (non-hydrogen) atoms. The van der Waals surface area contributed by atoms with Crippen molar-refractivity contribution in [3.05, 3.63) is 23.0 Å². The van der Waals surface area contributed by atoms with Gasteiger partial charge in [0.1, 0.15) is 0 Å². The summed E-state index contributed by atoms with van der Waals surface area (Å²) in [7, 11) is 2.06. The highest BCUT2D eigenvalue weighted by atomic mass is 16.2. The number of amides is 1. The minimum absolute atomic E-state index is 0.0685. The van der Waals surface area contributed by atoms with E-state index in [9.17, 15) is 4.79 Å². The van der Waals surface area contributed by atoms with Gasteiger partial charge in [-0.15, -0.1) is 0 Å². The van der Waals surface area contributed by atoms with Crippen LogP contribution in [-0.2, 0) is 18.4 Å². The molecular weight excluding hydrogens is 238 g/mol. The van der Waals surface area contributed by atoms with E-state index < -0.39 is 0 Å². The third kappa shape index (κ3) is 4.39. The molecule has 1 atom stereocenters. The highest BCUT2D eigenvalue weighted by Gasteiger charge is 2.13. The molecule has 0 aromatic carbocycles. The summed E-state index contributed by atoms with van der Waals surface area (Å²) >= 11 is 0. The third-order valence-electron chi connectivity index (χ3n) is 3.56. The molecule has 0 aliphatic heterocycles. The van der Waals surface area contributed by atoms with E-state index in [0.717, 1.165) is 13.1 Å². The van der Waals surface area contributed by atoms with Crippen molar-refractivity contribution in [1.82, 2.24) is 15.2 Å². The fraction of sp³-hybridized carbons (Fsp3) is 0.667. The Morgan fingerprint density at radius 1 is 1.32 bits per heavy atom. The first kappa shape index (κ1) is 15.8. The maximum absolute atomic E-state index is 11.8. The molecule has 1 rings (SSSR count). The molecule has 0 fully saturated rings. The molecule has 0 aliphatic rings. The van der Waals surface area contributed by atoms with Crippen LogP contribution in [0.3, 0.4) is 0 Å². The zero-order chi connectivity index (χ0) is 14.6. The summed E-state index contributed by atoms with van der Waals surface area (Å²) in [6.45, 7) is 11.7. The van der Waals surface area contributed by atoms with Gasteiger partial charge in [-0.25, -0.2) is 0 Å². The lowest BCUT2D eigenvalue weighted by Gasteiger charge is -2.15. The van der Waals surface area contributed by atoms with Crippen LogP contribution in [0.2, 0.25) is 0 Å². The molecule has 1 aromatic rings. The molecule has 1 unspecified atom stereocenters. The van der Waals surface area contributed by atoms with Gasteiger partial charge >= 0.3 is 0 Å². The van der Waals surface area contributed by atoms with E-state index in [1.165, 1.54) is 17.0 Å². The summed E-state index contributed by atoms with van der Waals surface area (Å²) in [5, 5.41) is 6.22. The first-order chi connectivity index (χ1) is 8.82. The lowest BCUT2D eigenvalue weighted by Crippen LogP contribution is -2.43. The average Bonchev–Trinajstić information content (AvgIpc) is 2.60. The lowest BCUT2D eigenvalue weighted by molar-refractivity contribution is -0.122. The molecule has 1 amide bonds. The first-order valence-electron chi connectivity index (χ1n) is 6.95. The molecule has 0 spiro atoms. The molecule has 4 heteroatoms. The second kappa shape index (κ2) is 6.75. The number of nitrogens with zero attached hydrogens (tertiary/aromatic N) is 1. The van der Waals surface area contributed by atoms with Crippen LogP contribution in [0.25, 0.3) is 0 Å². The molecule has 0 bridgehead atoms. The van der Waals surface area contributed by atoms with Crippen LogP contribution in [0.1, 0.15) is 37.7 Å². The van der Waals surface area contributed by atoms with Crippen LogP contribution in [0.5, 0.6) is 0 Å². The van der Waals surface area contributed by atoms with Crippen molar-refractivity contribution in [3.8, 4) is 0 Å². The van der Waals surface area contributed by atoms with Gasteiger partial charge in [-0.3, -0.25) is 4.79 Å². The molecule has 1 aromatic heterocycles. The van der Waals surface area contributed by atoms with Gasteiger partial charge in [-0.1, -0.05) is 13.8 Å². The van der Waals surface area contributed by atoms with Crippen LogP contribution < -0.4 is 10.6 Å². The van der Waals surface area contributed by atoms with E-state index in [0.29, 0.717) is 5.92 Å². The predicted molar refractivity (Wildman–Crippen MR) is 79.0 cm³/mol. The van der Waals surface area contributed by atoms with Crippen LogP contribution in [0, 0.1) is 19.8 Å². The standard InChI is InChI=1S/C15H27N3O/c1-10(2)8-17-15(19)12(4)16-9-14-7-11(3)18(6)13(14)5/h7,10,12,16H,8-9H2,1-6H3,(H,17,19). The summed E-state index contributed by atoms with van der Waals surface area (Å²) in [6.07, 6.45) is 0. The zero-order valence-corrected chi connectivity index (χ0v) is 13.0. The number of rotatable bonds is 6. The van der Waals surface area contributed by atoms with E-state index in [-0.39, 0.29) is 11.9 Å². The van der Waals surface area contributed by atoms with Crippen LogP contribution in [0.15, 0.2) is 6.07 Å². The summed E-state index contributed by atoms with van der Waals surface area (Å²) in [5.74, 6) is 0.550. The summed E-state index contributed by atoms with van der Waals surface area (Å²) < 4.78 is 2.17. The fourth-order valence-corrected chi connectivity index (χ4v) is 1.93. The van der Waals surface area contributed by atoms with Crippen LogP contribution >= 0.6 is 0 Å². The average molecular weight is 265 g/mol. The molecule has 0 aliphatic carbocycles. The van der Waals surface area contributed by atoms with Crippen LogP contribution in [0.4, 0.5) is 0 Å². The number of hydrogen-bond donors (Lipinski definition) is 2. The topological polar surface area (TPSA) is 46.1 Å².